The smallest absolute Gasteiger partial charge is 0.0294 e. The predicted molar refractivity (Wildman–Crippen MR) is 87.1 cm³/mol. The van der Waals surface area contributed by atoms with Gasteiger partial charge in [-0.2, -0.15) is 0 Å². The van der Waals surface area contributed by atoms with E-state index in [0.29, 0.717) is 12.1 Å². The molecule has 2 heteroatoms. The SMILES string of the molecule is Cc1ccc(C)c(C(C)NCC2CCN(C(C)C)C2)c1. The van der Waals surface area contributed by atoms with Gasteiger partial charge in [-0.3, -0.25) is 0 Å². The summed E-state index contributed by atoms with van der Waals surface area (Å²) >= 11 is 0. The van der Waals surface area contributed by atoms with E-state index < -0.39 is 0 Å². The molecule has 0 spiro atoms. The maximum Gasteiger partial charge on any atom is 0.0294 e. The summed E-state index contributed by atoms with van der Waals surface area (Å²) in [6.07, 6.45) is 1.34. The first kappa shape index (κ1) is 15.5. The van der Waals surface area contributed by atoms with E-state index in [1.54, 1.807) is 0 Å². The number of benzene rings is 1. The highest BCUT2D eigenvalue weighted by Crippen LogP contribution is 2.21. The third kappa shape index (κ3) is 3.83. The molecule has 0 aliphatic carbocycles. The Morgan fingerprint density at radius 1 is 1.25 bits per heavy atom. The quantitative estimate of drug-likeness (QED) is 0.881. The lowest BCUT2D eigenvalue weighted by Crippen LogP contribution is -2.31. The largest absolute Gasteiger partial charge is 0.310 e. The number of nitrogens with one attached hydrogen (secondary N) is 1. The molecule has 1 saturated heterocycles. The summed E-state index contributed by atoms with van der Waals surface area (Å²) in [7, 11) is 0. The van der Waals surface area contributed by atoms with E-state index in [0.717, 1.165) is 12.5 Å². The Hall–Kier alpha value is -0.860. The van der Waals surface area contributed by atoms with Crippen LogP contribution in [0.25, 0.3) is 0 Å². The Morgan fingerprint density at radius 2 is 2.00 bits per heavy atom. The van der Waals surface area contributed by atoms with Crippen molar-refractivity contribution in [2.24, 2.45) is 5.92 Å². The second-order valence-electron chi connectivity index (χ2n) is 6.73. The van der Waals surface area contributed by atoms with Gasteiger partial charge in [-0.05, 0) is 71.2 Å². The third-order valence-corrected chi connectivity index (χ3v) is 4.66. The first-order valence-corrected chi connectivity index (χ1v) is 8.02. The average Bonchev–Trinajstić information content (AvgIpc) is 2.88. The molecule has 0 radical (unpaired) electrons. The van der Waals surface area contributed by atoms with E-state index in [1.807, 2.05) is 0 Å². The van der Waals surface area contributed by atoms with Gasteiger partial charge in [0.1, 0.15) is 0 Å². The van der Waals surface area contributed by atoms with E-state index in [9.17, 15) is 0 Å². The van der Waals surface area contributed by atoms with Gasteiger partial charge in [0.2, 0.25) is 0 Å². The van der Waals surface area contributed by atoms with Crippen LogP contribution >= 0.6 is 0 Å². The molecule has 2 rings (SSSR count). The highest BCUT2D eigenvalue weighted by molar-refractivity contribution is 5.32. The minimum Gasteiger partial charge on any atom is -0.310 e. The van der Waals surface area contributed by atoms with Crippen molar-refractivity contribution in [3.63, 3.8) is 0 Å². The van der Waals surface area contributed by atoms with Crippen molar-refractivity contribution in [2.75, 3.05) is 19.6 Å². The summed E-state index contributed by atoms with van der Waals surface area (Å²) in [5.41, 5.74) is 4.20. The molecule has 0 bridgehead atoms. The van der Waals surface area contributed by atoms with Crippen LogP contribution in [0.4, 0.5) is 0 Å². The number of likely N-dealkylation sites (tertiary alicyclic amines) is 1. The summed E-state index contributed by atoms with van der Waals surface area (Å²) in [5.74, 6) is 0.810. The van der Waals surface area contributed by atoms with Gasteiger partial charge >= 0.3 is 0 Å². The number of rotatable bonds is 5. The Labute approximate surface area is 124 Å². The molecule has 2 unspecified atom stereocenters. The molecule has 1 fully saturated rings. The zero-order valence-electron chi connectivity index (χ0n) is 13.7. The molecule has 1 heterocycles. The van der Waals surface area contributed by atoms with Crippen LogP contribution in [0, 0.1) is 19.8 Å². The van der Waals surface area contributed by atoms with Crippen LogP contribution in [0.3, 0.4) is 0 Å². The molecule has 2 atom stereocenters. The molecule has 1 aromatic carbocycles. The minimum absolute atomic E-state index is 0.447. The van der Waals surface area contributed by atoms with E-state index in [2.05, 4.69) is 63.0 Å². The van der Waals surface area contributed by atoms with Crippen LogP contribution in [-0.2, 0) is 0 Å². The van der Waals surface area contributed by atoms with Crippen molar-refractivity contribution in [1.82, 2.24) is 10.2 Å². The van der Waals surface area contributed by atoms with Gasteiger partial charge in [-0.25, -0.2) is 0 Å². The standard InChI is InChI=1S/C18H30N2/c1-13(2)20-9-8-17(12-20)11-19-16(5)18-10-14(3)6-7-15(18)4/h6-7,10,13,16-17,19H,8-9,11-12H2,1-5H3. The molecule has 1 N–H and O–H groups in total. The van der Waals surface area contributed by atoms with Crippen LogP contribution in [0.2, 0.25) is 0 Å². The predicted octanol–water partition coefficient (Wildman–Crippen LogP) is 3.68. The van der Waals surface area contributed by atoms with E-state index in [4.69, 9.17) is 0 Å². The molecule has 0 amide bonds. The van der Waals surface area contributed by atoms with Gasteiger partial charge in [0, 0.05) is 18.6 Å². The molecule has 1 aliphatic rings. The Balaban J connectivity index is 1.86. The van der Waals surface area contributed by atoms with Crippen LogP contribution in [-0.4, -0.2) is 30.6 Å². The molecular weight excluding hydrogens is 244 g/mol. The fourth-order valence-electron chi connectivity index (χ4n) is 3.18. The maximum atomic E-state index is 3.74. The minimum atomic E-state index is 0.447. The summed E-state index contributed by atoms with van der Waals surface area (Å²) in [6, 6.07) is 7.89. The maximum absolute atomic E-state index is 3.74. The summed E-state index contributed by atoms with van der Waals surface area (Å²) in [5, 5.41) is 3.74. The number of hydrogen-bond acceptors (Lipinski definition) is 2. The molecule has 0 saturated carbocycles. The van der Waals surface area contributed by atoms with Crippen molar-refractivity contribution in [2.45, 2.75) is 53.1 Å². The van der Waals surface area contributed by atoms with Gasteiger partial charge in [-0.15, -0.1) is 0 Å². The molecular formula is C18H30N2. The van der Waals surface area contributed by atoms with Crippen molar-refractivity contribution >= 4 is 0 Å². The third-order valence-electron chi connectivity index (χ3n) is 4.66. The molecule has 2 nitrogen and oxygen atoms in total. The van der Waals surface area contributed by atoms with E-state index in [-0.39, 0.29) is 0 Å². The number of hydrogen-bond donors (Lipinski definition) is 1. The van der Waals surface area contributed by atoms with Gasteiger partial charge in [-0.1, -0.05) is 23.8 Å². The summed E-state index contributed by atoms with van der Waals surface area (Å²) in [6.45, 7) is 14.9. The Kier molecular flexibility index (Phi) is 5.22. The number of aryl methyl sites for hydroxylation is 2. The molecule has 1 aliphatic heterocycles. The first-order chi connectivity index (χ1) is 9.47. The normalized spacial score (nSPS) is 21.6. The lowest BCUT2D eigenvalue weighted by atomic mass is 9.99. The van der Waals surface area contributed by atoms with Crippen LogP contribution in [0.1, 0.15) is 49.9 Å². The first-order valence-electron chi connectivity index (χ1n) is 8.02. The fraction of sp³-hybridized carbons (Fsp3) is 0.667. The van der Waals surface area contributed by atoms with Crippen molar-refractivity contribution in [1.29, 1.82) is 0 Å². The molecule has 1 aromatic rings. The van der Waals surface area contributed by atoms with Crippen LogP contribution < -0.4 is 5.32 Å². The van der Waals surface area contributed by atoms with Gasteiger partial charge in [0.05, 0.1) is 0 Å². The lowest BCUT2D eigenvalue weighted by molar-refractivity contribution is 0.263. The van der Waals surface area contributed by atoms with Crippen molar-refractivity contribution < 1.29 is 0 Å². The second-order valence-corrected chi connectivity index (χ2v) is 6.73. The molecule has 112 valence electrons. The zero-order chi connectivity index (χ0) is 14.7. The van der Waals surface area contributed by atoms with Gasteiger partial charge in [0.25, 0.3) is 0 Å². The van der Waals surface area contributed by atoms with Crippen molar-refractivity contribution in [3.05, 3.63) is 34.9 Å². The topological polar surface area (TPSA) is 15.3 Å². The van der Waals surface area contributed by atoms with Gasteiger partial charge < -0.3 is 10.2 Å². The average molecular weight is 274 g/mol. The monoisotopic (exact) mass is 274 g/mol. The molecule has 20 heavy (non-hydrogen) atoms. The fourth-order valence-corrected chi connectivity index (χ4v) is 3.18. The Morgan fingerprint density at radius 3 is 2.65 bits per heavy atom. The van der Waals surface area contributed by atoms with Crippen LogP contribution in [0.15, 0.2) is 18.2 Å². The van der Waals surface area contributed by atoms with Gasteiger partial charge in [0.15, 0.2) is 0 Å². The Bertz CT molecular complexity index is 439. The second kappa shape index (κ2) is 6.73. The summed E-state index contributed by atoms with van der Waals surface area (Å²) < 4.78 is 0. The highest BCUT2D eigenvalue weighted by atomic mass is 15.2. The highest BCUT2D eigenvalue weighted by Gasteiger charge is 2.24. The number of nitrogens with zero attached hydrogens (tertiary/aromatic N) is 1. The summed E-state index contributed by atoms with van der Waals surface area (Å²) in [4.78, 5) is 2.59. The van der Waals surface area contributed by atoms with Crippen molar-refractivity contribution in [3.8, 4) is 0 Å². The van der Waals surface area contributed by atoms with E-state index >= 15 is 0 Å². The zero-order valence-corrected chi connectivity index (χ0v) is 13.7. The van der Waals surface area contributed by atoms with Crippen LogP contribution in [0.5, 0.6) is 0 Å². The lowest BCUT2D eigenvalue weighted by Gasteiger charge is -2.22. The van der Waals surface area contributed by atoms with E-state index in [1.165, 1.54) is 36.2 Å². The molecule has 0 aromatic heterocycles.